The van der Waals surface area contributed by atoms with Crippen molar-refractivity contribution in [3.8, 4) is 11.1 Å². The minimum Gasteiger partial charge on any atom is -0.324 e. The van der Waals surface area contributed by atoms with E-state index in [4.69, 9.17) is 0 Å². The monoisotopic (exact) mass is 394 g/mol. The minimum atomic E-state index is -1.03. The molecule has 148 valence electrons. The third kappa shape index (κ3) is 2.01. The molecular formula is C26H22N2O2. The number of nitrogens with one attached hydrogen (secondary N) is 1. The number of hydrogen-bond acceptors (Lipinski definition) is 2. The Balaban J connectivity index is 1.68. The summed E-state index contributed by atoms with van der Waals surface area (Å²) in [6.07, 6.45) is 3.03. The topological polar surface area (TPSA) is 49.4 Å². The average Bonchev–Trinajstić information content (AvgIpc) is 3.38. The molecule has 3 aromatic carbocycles. The molecule has 3 aliphatic rings. The smallest absolute Gasteiger partial charge is 0.245 e. The van der Waals surface area contributed by atoms with Crippen LogP contribution in [0.25, 0.3) is 11.1 Å². The van der Waals surface area contributed by atoms with Crippen molar-refractivity contribution in [1.29, 1.82) is 0 Å². The first kappa shape index (κ1) is 17.5. The van der Waals surface area contributed by atoms with E-state index in [0.717, 1.165) is 40.8 Å². The van der Waals surface area contributed by atoms with Crippen LogP contribution in [0, 0.1) is 5.41 Å². The van der Waals surface area contributed by atoms with E-state index in [1.165, 1.54) is 0 Å². The molecular weight excluding hydrogens is 372 g/mol. The molecule has 2 fully saturated rings. The van der Waals surface area contributed by atoms with E-state index in [-0.39, 0.29) is 11.8 Å². The van der Waals surface area contributed by atoms with Gasteiger partial charge in [0, 0.05) is 16.8 Å². The molecule has 4 nitrogen and oxygen atoms in total. The van der Waals surface area contributed by atoms with Gasteiger partial charge < -0.3 is 5.32 Å². The van der Waals surface area contributed by atoms with Crippen molar-refractivity contribution >= 4 is 17.5 Å². The van der Waals surface area contributed by atoms with Crippen LogP contribution in [0.4, 0.5) is 5.69 Å². The van der Waals surface area contributed by atoms with E-state index in [9.17, 15) is 9.59 Å². The van der Waals surface area contributed by atoms with E-state index in [1.54, 1.807) is 0 Å². The van der Waals surface area contributed by atoms with Crippen LogP contribution in [0.2, 0.25) is 0 Å². The number of anilines is 1. The van der Waals surface area contributed by atoms with Crippen molar-refractivity contribution in [2.75, 3.05) is 4.90 Å². The molecule has 0 unspecified atom stereocenters. The molecule has 1 aliphatic heterocycles. The lowest BCUT2D eigenvalue weighted by molar-refractivity contribution is -0.148. The van der Waals surface area contributed by atoms with Gasteiger partial charge in [0.05, 0.1) is 0 Å². The van der Waals surface area contributed by atoms with Crippen molar-refractivity contribution in [1.82, 2.24) is 5.32 Å². The number of carbonyl (C=O) groups is 2. The van der Waals surface area contributed by atoms with Gasteiger partial charge in [-0.05, 0) is 36.1 Å². The van der Waals surface area contributed by atoms with Gasteiger partial charge in [0.2, 0.25) is 11.8 Å². The molecule has 6 rings (SSSR count). The Morgan fingerprint density at radius 3 is 1.83 bits per heavy atom. The van der Waals surface area contributed by atoms with Crippen LogP contribution < -0.4 is 10.2 Å². The summed E-state index contributed by atoms with van der Waals surface area (Å²) in [5.41, 5.74) is 2.83. The van der Waals surface area contributed by atoms with E-state index in [0.29, 0.717) is 12.8 Å². The van der Waals surface area contributed by atoms with Gasteiger partial charge in [0.1, 0.15) is 5.41 Å². The van der Waals surface area contributed by atoms with Crippen LogP contribution in [0.15, 0.2) is 78.9 Å². The zero-order valence-electron chi connectivity index (χ0n) is 16.6. The minimum absolute atomic E-state index is 0.0820. The van der Waals surface area contributed by atoms with Crippen LogP contribution in [0.1, 0.15) is 36.8 Å². The number of benzene rings is 3. The third-order valence-electron chi connectivity index (χ3n) is 7.07. The van der Waals surface area contributed by atoms with Crippen LogP contribution in [0.3, 0.4) is 0 Å². The normalized spacial score (nSPS) is 20.3. The Labute approximate surface area is 175 Å². The average molecular weight is 394 g/mol. The molecule has 2 amide bonds. The summed E-state index contributed by atoms with van der Waals surface area (Å²) in [7, 11) is 0. The van der Waals surface area contributed by atoms with Crippen LogP contribution in [0.5, 0.6) is 0 Å². The Hall–Kier alpha value is -3.40. The SMILES string of the molecule is O=C1NC2(c3ccccc3-c3ccccc32)N(c2ccccc2)C(=O)C12CCCC2. The Morgan fingerprint density at radius 2 is 1.23 bits per heavy atom. The van der Waals surface area contributed by atoms with Crippen molar-refractivity contribution in [2.24, 2.45) is 5.41 Å². The summed E-state index contributed by atoms with van der Waals surface area (Å²) in [5, 5.41) is 3.38. The predicted octanol–water partition coefficient (Wildman–Crippen LogP) is 4.59. The van der Waals surface area contributed by atoms with Crippen molar-refractivity contribution in [2.45, 2.75) is 31.3 Å². The quantitative estimate of drug-likeness (QED) is 0.614. The number of carbonyl (C=O) groups excluding carboxylic acids is 2. The number of amides is 2. The highest BCUT2D eigenvalue weighted by molar-refractivity contribution is 6.17. The van der Waals surface area contributed by atoms with Gasteiger partial charge in [-0.3, -0.25) is 14.5 Å². The number of rotatable bonds is 1. The zero-order valence-corrected chi connectivity index (χ0v) is 16.6. The standard InChI is InChI=1S/C26H22N2O2/c29-23-25(16-8-9-17-25)24(30)28(18-10-2-1-3-11-18)26(27-23)21-14-6-4-12-19(21)20-13-5-7-15-22(20)26/h1-7,10-15H,8-9,16-17H2,(H,27,29). The van der Waals surface area contributed by atoms with Gasteiger partial charge >= 0.3 is 0 Å². The third-order valence-corrected chi connectivity index (χ3v) is 7.07. The molecule has 0 aromatic heterocycles. The Morgan fingerprint density at radius 1 is 0.700 bits per heavy atom. The highest BCUT2D eigenvalue weighted by Gasteiger charge is 2.63. The largest absolute Gasteiger partial charge is 0.324 e. The summed E-state index contributed by atoms with van der Waals surface area (Å²) in [6, 6.07) is 25.9. The number of fused-ring (bicyclic) bond motifs is 5. The fourth-order valence-corrected chi connectivity index (χ4v) is 5.70. The van der Waals surface area contributed by atoms with Gasteiger partial charge in [0.15, 0.2) is 5.66 Å². The zero-order chi connectivity index (χ0) is 20.3. The van der Waals surface area contributed by atoms with E-state index in [2.05, 4.69) is 17.4 Å². The lowest BCUT2D eigenvalue weighted by Gasteiger charge is -2.51. The summed E-state index contributed by atoms with van der Waals surface area (Å²) in [4.78, 5) is 29.7. The molecule has 1 N–H and O–H groups in total. The van der Waals surface area contributed by atoms with Crippen molar-refractivity contribution in [3.05, 3.63) is 90.0 Å². The fraction of sp³-hybridized carbons (Fsp3) is 0.231. The van der Waals surface area contributed by atoms with Crippen molar-refractivity contribution < 1.29 is 9.59 Å². The van der Waals surface area contributed by atoms with E-state index in [1.807, 2.05) is 71.6 Å². The van der Waals surface area contributed by atoms with Crippen LogP contribution in [-0.4, -0.2) is 11.8 Å². The number of para-hydroxylation sites is 1. The molecule has 4 heteroatoms. The molecule has 2 spiro atoms. The van der Waals surface area contributed by atoms with Gasteiger partial charge in [-0.15, -0.1) is 0 Å². The van der Waals surface area contributed by atoms with E-state index < -0.39 is 11.1 Å². The second-order valence-corrected chi connectivity index (χ2v) is 8.52. The van der Waals surface area contributed by atoms with Crippen molar-refractivity contribution in [3.63, 3.8) is 0 Å². The molecule has 1 heterocycles. The summed E-state index contributed by atoms with van der Waals surface area (Å²) in [5.74, 6) is -0.217. The van der Waals surface area contributed by atoms with Crippen LogP contribution in [-0.2, 0) is 15.3 Å². The Bertz CT molecular complexity index is 1130. The maximum absolute atomic E-state index is 14.2. The Kier molecular flexibility index (Phi) is 3.52. The van der Waals surface area contributed by atoms with Gasteiger partial charge in [-0.2, -0.15) is 0 Å². The van der Waals surface area contributed by atoms with Gasteiger partial charge in [0.25, 0.3) is 0 Å². The highest BCUT2D eigenvalue weighted by Crippen LogP contribution is 2.55. The van der Waals surface area contributed by atoms with Gasteiger partial charge in [-0.25, -0.2) is 0 Å². The number of nitrogens with zero attached hydrogens (tertiary/aromatic N) is 1. The summed E-state index contributed by atoms with van der Waals surface area (Å²) in [6.45, 7) is 0. The molecule has 0 atom stereocenters. The molecule has 1 saturated carbocycles. The number of hydrogen-bond donors (Lipinski definition) is 1. The maximum atomic E-state index is 14.2. The second kappa shape index (κ2) is 6.05. The highest BCUT2D eigenvalue weighted by atomic mass is 16.2. The molecule has 0 bridgehead atoms. The molecule has 30 heavy (non-hydrogen) atoms. The summed E-state index contributed by atoms with van der Waals surface area (Å²) < 4.78 is 0. The molecule has 1 saturated heterocycles. The maximum Gasteiger partial charge on any atom is 0.245 e. The fourth-order valence-electron chi connectivity index (χ4n) is 5.70. The van der Waals surface area contributed by atoms with Crippen LogP contribution >= 0.6 is 0 Å². The van der Waals surface area contributed by atoms with Gasteiger partial charge in [-0.1, -0.05) is 79.6 Å². The first-order valence-electron chi connectivity index (χ1n) is 10.6. The second-order valence-electron chi connectivity index (χ2n) is 8.52. The predicted molar refractivity (Wildman–Crippen MR) is 116 cm³/mol. The molecule has 2 aliphatic carbocycles. The lowest BCUT2D eigenvalue weighted by atomic mass is 9.77. The molecule has 3 aromatic rings. The first-order chi connectivity index (χ1) is 14.7. The lowest BCUT2D eigenvalue weighted by Crippen LogP contribution is -2.71. The molecule has 0 radical (unpaired) electrons. The summed E-state index contributed by atoms with van der Waals surface area (Å²) >= 11 is 0. The van der Waals surface area contributed by atoms with E-state index >= 15 is 0 Å². The first-order valence-corrected chi connectivity index (χ1v) is 10.6.